The molecule has 4 nitrogen and oxygen atoms in total. The van der Waals surface area contributed by atoms with E-state index in [0.29, 0.717) is 19.3 Å². The summed E-state index contributed by atoms with van der Waals surface area (Å²) in [4.78, 5) is 13.4. The van der Waals surface area contributed by atoms with Gasteiger partial charge in [-0.1, -0.05) is 61.7 Å². The molecule has 160 valence electrons. The Balaban J connectivity index is 1.51. The van der Waals surface area contributed by atoms with Crippen molar-refractivity contribution in [1.82, 2.24) is 5.32 Å². The fourth-order valence-corrected chi connectivity index (χ4v) is 4.91. The SMILES string of the molecule is COc1ccccc1-c1ccc(CC2(C(=O)NC3CCCCC3)CCOCC2)cc1. The Hall–Kier alpha value is -2.33. The normalized spacial score (nSPS) is 19.2. The van der Waals surface area contributed by atoms with Gasteiger partial charge in [-0.3, -0.25) is 4.79 Å². The van der Waals surface area contributed by atoms with Crippen LogP contribution in [0.15, 0.2) is 48.5 Å². The zero-order valence-corrected chi connectivity index (χ0v) is 18.0. The molecule has 0 spiro atoms. The summed E-state index contributed by atoms with van der Waals surface area (Å²) < 4.78 is 11.1. The second kappa shape index (κ2) is 9.65. The van der Waals surface area contributed by atoms with Crippen LogP contribution in [0.1, 0.15) is 50.5 Å². The Morgan fingerprint density at radius 3 is 2.43 bits per heavy atom. The number of ether oxygens (including phenoxy) is 2. The van der Waals surface area contributed by atoms with Crippen LogP contribution in [0.25, 0.3) is 11.1 Å². The molecule has 1 amide bonds. The summed E-state index contributed by atoms with van der Waals surface area (Å²) in [5, 5.41) is 3.39. The summed E-state index contributed by atoms with van der Waals surface area (Å²) in [6.45, 7) is 1.33. The standard InChI is InChI=1S/C26H33NO3/c1-29-24-10-6-5-9-23(24)21-13-11-20(12-14-21)19-26(15-17-30-18-16-26)25(28)27-22-7-3-2-4-8-22/h5-6,9-14,22H,2-4,7-8,15-19H2,1H3,(H,27,28). The molecule has 1 N–H and O–H groups in total. The molecule has 1 saturated heterocycles. The monoisotopic (exact) mass is 407 g/mol. The van der Waals surface area contributed by atoms with Gasteiger partial charge in [-0.25, -0.2) is 0 Å². The zero-order chi connectivity index (χ0) is 20.8. The first-order valence-corrected chi connectivity index (χ1v) is 11.3. The molecule has 2 aromatic carbocycles. The molecule has 0 atom stereocenters. The van der Waals surface area contributed by atoms with E-state index in [1.807, 2.05) is 18.2 Å². The van der Waals surface area contributed by atoms with Gasteiger partial charge in [0.1, 0.15) is 5.75 Å². The average molecular weight is 408 g/mol. The van der Waals surface area contributed by atoms with Gasteiger partial charge in [0.15, 0.2) is 0 Å². The van der Waals surface area contributed by atoms with Gasteiger partial charge in [0.2, 0.25) is 5.91 Å². The summed E-state index contributed by atoms with van der Waals surface area (Å²) in [5.41, 5.74) is 3.06. The van der Waals surface area contributed by atoms with E-state index < -0.39 is 0 Å². The van der Waals surface area contributed by atoms with Crippen LogP contribution in [0.2, 0.25) is 0 Å². The second-order valence-corrected chi connectivity index (χ2v) is 8.78. The third-order valence-electron chi connectivity index (χ3n) is 6.79. The highest BCUT2D eigenvalue weighted by Gasteiger charge is 2.40. The first-order chi connectivity index (χ1) is 14.7. The lowest BCUT2D eigenvalue weighted by molar-refractivity contribution is -0.137. The summed E-state index contributed by atoms with van der Waals surface area (Å²) >= 11 is 0. The molecule has 4 rings (SSSR count). The summed E-state index contributed by atoms with van der Waals surface area (Å²) in [5.74, 6) is 1.10. The number of para-hydroxylation sites is 1. The van der Waals surface area contributed by atoms with Crippen LogP contribution in [-0.2, 0) is 16.0 Å². The molecule has 2 aliphatic rings. The van der Waals surface area contributed by atoms with Gasteiger partial charge in [-0.2, -0.15) is 0 Å². The van der Waals surface area contributed by atoms with Gasteiger partial charge in [0.05, 0.1) is 12.5 Å². The molecule has 1 saturated carbocycles. The van der Waals surface area contributed by atoms with Crippen molar-refractivity contribution in [1.29, 1.82) is 0 Å². The first kappa shape index (κ1) is 20.9. The Kier molecular flexibility index (Phi) is 6.73. The number of amides is 1. The summed E-state index contributed by atoms with van der Waals surface area (Å²) in [6, 6.07) is 17.0. The molecule has 0 radical (unpaired) electrons. The van der Waals surface area contributed by atoms with Crippen molar-refractivity contribution in [2.75, 3.05) is 20.3 Å². The third kappa shape index (κ3) is 4.70. The quantitative estimate of drug-likeness (QED) is 0.720. The van der Waals surface area contributed by atoms with E-state index in [1.54, 1.807) is 7.11 Å². The molecule has 0 bridgehead atoms. The van der Waals surface area contributed by atoms with Crippen molar-refractivity contribution >= 4 is 5.91 Å². The Labute approximate surface area is 180 Å². The summed E-state index contributed by atoms with van der Waals surface area (Å²) in [7, 11) is 1.70. The first-order valence-electron chi connectivity index (χ1n) is 11.3. The Morgan fingerprint density at radius 1 is 1.03 bits per heavy atom. The van der Waals surface area contributed by atoms with Crippen LogP contribution in [0.5, 0.6) is 5.75 Å². The van der Waals surface area contributed by atoms with Crippen LogP contribution in [-0.4, -0.2) is 32.3 Å². The highest BCUT2D eigenvalue weighted by molar-refractivity contribution is 5.83. The number of nitrogens with one attached hydrogen (secondary N) is 1. The Bertz CT molecular complexity index is 834. The van der Waals surface area contributed by atoms with Crippen molar-refractivity contribution in [2.45, 2.75) is 57.4 Å². The van der Waals surface area contributed by atoms with E-state index in [4.69, 9.17) is 9.47 Å². The molecule has 2 aromatic rings. The van der Waals surface area contributed by atoms with E-state index >= 15 is 0 Å². The van der Waals surface area contributed by atoms with E-state index in [9.17, 15) is 4.79 Å². The molecule has 1 aliphatic carbocycles. The van der Waals surface area contributed by atoms with E-state index in [-0.39, 0.29) is 11.3 Å². The largest absolute Gasteiger partial charge is 0.496 e. The average Bonchev–Trinajstić information content (AvgIpc) is 2.81. The molecule has 1 heterocycles. The maximum atomic E-state index is 13.4. The Morgan fingerprint density at radius 2 is 1.73 bits per heavy atom. The minimum atomic E-state index is -0.359. The van der Waals surface area contributed by atoms with Crippen LogP contribution >= 0.6 is 0 Å². The number of rotatable bonds is 6. The van der Waals surface area contributed by atoms with E-state index in [2.05, 4.69) is 35.6 Å². The predicted molar refractivity (Wildman–Crippen MR) is 120 cm³/mol. The zero-order valence-electron chi connectivity index (χ0n) is 18.0. The number of hydrogen-bond donors (Lipinski definition) is 1. The third-order valence-corrected chi connectivity index (χ3v) is 6.79. The van der Waals surface area contributed by atoms with Gasteiger partial charge in [-0.05, 0) is 49.3 Å². The van der Waals surface area contributed by atoms with Crippen LogP contribution in [0.3, 0.4) is 0 Å². The second-order valence-electron chi connectivity index (χ2n) is 8.78. The molecule has 1 aliphatic heterocycles. The van der Waals surface area contributed by atoms with Gasteiger partial charge in [-0.15, -0.1) is 0 Å². The number of methoxy groups -OCH3 is 1. The number of hydrogen-bond acceptors (Lipinski definition) is 3. The van der Waals surface area contributed by atoms with Crippen LogP contribution < -0.4 is 10.1 Å². The topological polar surface area (TPSA) is 47.6 Å². The van der Waals surface area contributed by atoms with Gasteiger partial charge >= 0.3 is 0 Å². The highest BCUT2D eigenvalue weighted by Crippen LogP contribution is 2.36. The number of carbonyl (C=O) groups excluding carboxylic acids is 1. The molecular formula is C26H33NO3. The fraction of sp³-hybridized carbons (Fsp3) is 0.500. The molecular weight excluding hydrogens is 374 g/mol. The predicted octanol–water partition coefficient (Wildman–Crippen LogP) is 5.15. The van der Waals surface area contributed by atoms with Crippen molar-refractivity contribution < 1.29 is 14.3 Å². The number of carbonyl (C=O) groups is 1. The lowest BCUT2D eigenvalue weighted by Gasteiger charge is -2.38. The fourth-order valence-electron chi connectivity index (χ4n) is 4.91. The lowest BCUT2D eigenvalue weighted by atomic mass is 9.74. The molecule has 4 heteroatoms. The molecule has 2 fully saturated rings. The number of benzene rings is 2. The van der Waals surface area contributed by atoms with Crippen molar-refractivity contribution in [3.05, 3.63) is 54.1 Å². The maximum Gasteiger partial charge on any atom is 0.226 e. The molecule has 0 unspecified atom stereocenters. The summed E-state index contributed by atoms with van der Waals surface area (Å²) in [6.07, 6.45) is 8.33. The molecule has 0 aromatic heterocycles. The smallest absolute Gasteiger partial charge is 0.226 e. The van der Waals surface area contributed by atoms with Crippen LogP contribution in [0, 0.1) is 5.41 Å². The van der Waals surface area contributed by atoms with Gasteiger partial charge in [0.25, 0.3) is 0 Å². The minimum Gasteiger partial charge on any atom is -0.496 e. The lowest BCUT2D eigenvalue weighted by Crippen LogP contribution is -2.49. The van der Waals surface area contributed by atoms with Crippen LogP contribution in [0.4, 0.5) is 0 Å². The van der Waals surface area contributed by atoms with Crippen molar-refractivity contribution in [3.63, 3.8) is 0 Å². The van der Waals surface area contributed by atoms with Crippen molar-refractivity contribution in [2.24, 2.45) is 5.41 Å². The van der Waals surface area contributed by atoms with Crippen molar-refractivity contribution in [3.8, 4) is 16.9 Å². The maximum absolute atomic E-state index is 13.4. The van der Waals surface area contributed by atoms with Gasteiger partial charge in [0, 0.05) is 24.8 Å². The van der Waals surface area contributed by atoms with Gasteiger partial charge < -0.3 is 14.8 Å². The minimum absolute atomic E-state index is 0.228. The highest BCUT2D eigenvalue weighted by atomic mass is 16.5. The van der Waals surface area contributed by atoms with E-state index in [1.165, 1.54) is 24.8 Å². The molecule has 30 heavy (non-hydrogen) atoms. The van der Waals surface area contributed by atoms with E-state index in [0.717, 1.165) is 49.0 Å².